The monoisotopic (exact) mass is 226 g/mol. The molecule has 1 aromatic heterocycles. The van der Waals surface area contributed by atoms with Gasteiger partial charge in [0, 0.05) is 11.8 Å². The molecule has 1 aliphatic carbocycles. The van der Waals surface area contributed by atoms with E-state index in [1.54, 1.807) is 12.4 Å². The summed E-state index contributed by atoms with van der Waals surface area (Å²) >= 11 is 0. The fourth-order valence-corrected chi connectivity index (χ4v) is 2.42. The van der Waals surface area contributed by atoms with E-state index < -0.39 is 0 Å². The van der Waals surface area contributed by atoms with Gasteiger partial charge in [-0.05, 0) is 42.9 Å². The zero-order chi connectivity index (χ0) is 11.7. The Morgan fingerprint density at radius 2 is 1.94 bits per heavy atom. The van der Waals surface area contributed by atoms with Crippen LogP contribution in [0.5, 0.6) is 0 Å². The van der Waals surface area contributed by atoms with Gasteiger partial charge in [0.15, 0.2) is 5.78 Å². The van der Waals surface area contributed by atoms with Crippen molar-refractivity contribution in [2.75, 3.05) is 0 Å². The SMILES string of the molecule is O=C(c1cn[nH]c1)c1ccc2c(c1)CCCC2. The summed E-state index contributed by atoms with van der Waals surface area (Å²) in [6.45, 7) is 0. The summed E-state index contributed by atoms with van der Waals surface area (Å²) in [5.41, 5.74) is 4.14. The van der Waals surface area contributed by atoms with Gasteiger partial charge in [0.25, 0.3) is 0 Å². The van der Waals surface area contributed by atoms with Crippen LogP contribution in [0.3, 0.4) is 0 Å². The molecule has 86 valence electrons. The smallest absolute Gasteiger partial charge is 0.196 e. The van der Waals surface area contributed by atoms with Crippen LogP contribution in [0, 0.1) is 0 Å². The van der Waals surface area contributed by atoms with Crippen LogP contribution in [0.15, 0.2) is 30.6 Å². The van der Waals surface area contributed by atoms with Gasteiger partial charge < -0.3 is 0 Å². The first-order valence-corrected chi connectivity index (χ1v) is 6.00. The summed E-state index contributed by atoms with van der Waals surface area (Å²) in [6.07, 6.45) is 7.96. The van der Waals surface area contributed by atoms with E-state index in [0.717, 1.165) is 18.4 Å². The second kappa shape index (κ2) is 4.17. The first-order valence-electron chi connectivity index (χ1n) is 6.00. The lowest BCUT2D eigenvalue weighted by Crippen LogP contribution is -2.06. The van der Waals surface area contributed by atoms with Crippen molar-refractivity contribution in [3.05, 3.63) is 52.8 Å². The summed E-state index contributed by atoms with van der Waals surface area (Å²) in [5.74, 6) is 0.0483. The molecule has 0 spiro atoms. The molecule has 0 saturated heterocycles. The van der Waals surface area contributed by atoms with Crippen molar-refractivity contribution in [1.82, 2.24) is 10.2 Å². The number of aromatic nitrogens is 2. The van der Waals surface area contributed by atoms with Crippen LogP contribution >= 0.6 is 0 Å². The molecule has 0 aliphatic heterocycles. The first-order chi connectivity index (χ1) is 8.34. The van der Waals surface area contributed by atoms with Crippen LogP contribution in [-0.4, -0.2) is 16.0 Å². The normalized spacial score (nSPS) is 14.4. The van der Waals surface area contributed by atoms with Gasteiger partial charge in [0.05, 0.1) is 11.8 Å². The Kier molecular flexibility index (Phi) is 2.52. The third-order valence-corrected chi connectivity index (χ3v) is 3.37. The average Bonchev–Trinajstić information content (AvgIpc) is 2.91. The van der Waals surface area contributed by atoms with Crippen LogP contribution in [0.4, 0.5) is 0 Å². The Bertz CT molecular complexity index is 543. The third kappa shape index (κ3) is 1.88. The fraction of sp³-hybridized carbons (Fsp3) is 0.286. The van der Waals surface area contributed by atoms with Gasteiger partial charge in [-0.3, -0.25) is 9.89 Å². The maximum atomic E-state index is 12.1. The van der Waals surface area contributed by atoms with Gasteiger partial charge >= 0.3 is 0 Å². The molecule has 0 atom stereocenters. The number of benzene rings is 1. The molecule has 3 rings (SSSR count). The highest BCUT2D eigenvalue weighted by Crippen LogP contribution is 2.23. The van der Waals surface area contributed by atoms with E-state index in [4.69, 9.17) is 0 Å². The molecule has 0 radical (unpaired) electrons. The zero-order valence-corrected chi connectivity index (χ0v) is 9.57. The average molecular weight is 226 g/mol. The number of carbonyl (C=O) groups is 1. The summed E-state index contributed by atoms with van der Waals surface area (Å²) in [4.78, 5) is 12.1. The van der Waals surface area contributed by atoms with E-state index >= 15 is 0 Å². The molecule has 1 heterocycles. The van der Waals surface area contributed by atoms with Gasteiger partial charge in [0.2, 0.25) is 0 Å². The predicted molar refractivity (Wildman–Crippen MR) is 65.1 cm³/mol. The lowest BCUT2D eigenvalue weighted by molar-refractivity contribution is 0.103. The third-order valence-electron chi connectivity index (χ3n) is 3.37. The molecule has 1 N–H and O–H groups in total. The maximum absolute atomic E-state index is 12.1. The van der Waals surface area contributed by atoms with E-state index in [1.165, 1.54) is 24.0 Å². The minimum Gasteiger partial charge on any atom is -0.288 e. The van der Waals surface area contributed by atoms with Crippen molar-refractivity contribution in [3.8, 4) is 0 Å². The van der Waals surface area contributed by atoms with Crippen molar-refractivity contribution in [2.45, 2.75) is 25.7 Å². The van der Waals surface area contributed by atoms with Crippen molar-refractivity contribution < 1.29 is 4.79 Å². The molecule has 0 fully saturated rings. The van der Waals surface area contributed by atoms with Crippen LogP contribution in [0.25, 0.3) is 0 Å². The Morgan fingerprint density at radius 3 is 2.71 bits per heavy atom. The highest BCUT2D eigenvalue weighted by molar-refractivity contribution is 6.08. The molecule has 0 saturated carbocycles. The Labute approximate surface area is 99.9 Å². The number of rotatable bonds is 2. The Morgan fingerprint density at radius 1 is 1.12 bits per heavy atom. The molecule has 2 aromatic rings. The number of carbonyl (C=O) groups excluding carboxylic acids is 1. The number of hydrogen-bond acceptors (Lipinski definition) is 2. The topological polar surface area (TPSA) is 45.8 Å². The summed E-state index contributed by atoms with van der Waals surface area (Å²) < 4.78 is 0. The number of fused-ring (bicyclic) bond motifs is 1. The molecule has 1 aliphatic rings. The van der Waals surface area contributed by atoms with E-state index in [9.17, 15) is 4.79 Å². The number of aryl methyl sites for hydroxylation is 2. The van der Waals surface area contributed by atoms with Crippen LogP contribution in [0.2, 0.25) is 0 Å². The van der Waals surface area contributed by atoms with E-state index in [-0.39, 0.29) is 5.78 Å². The fourth-order valence-electron chi connectivity index (χ4n) is 2.42. The molecule has 0 bridgehead atoms. The molecule has 0 unspecified atom stereocenters. The summed E-state index contributed by atoms with van der Waals surface area (Å²) in [6, 6.07) is 6.07. The largest absolute Gasteiger partial charge is 0.288 e. The Hall–Kier alpha value is -1.90. The van der Waals surface area contributed by atoms with Crippen molar-refractivity contribution in [3.63, 3.8) is 0 Å². The number of aromatic amines is 1. The molecule has 3 nitrogen and oxygen atoms in total. The number of nitrogens with one attached hydrogen (secondary N) is 1. The molecule has 0 amide bonds. The minimum absolute atomic E-state index is 0.0483. The highest BCUT2D eigenvalue weighted by Gasteiger charge is 2.14. The highest BCUT2D eigenvalue weighted by atomic mass is 16.1. The second-order valence-electron chi connectivity index (χ2n) is 4.51. The quantitative estimate of drug-likeness (QED) is 0.800. The number of nitrogens with zero attached hydrogens (tertiary/aromatic N) is 1. The molecule has 3 heteroatoms. The molecule has 17 heavy (non-hydrogen) atoms. The summed E-state index contributed by atoms with van der Waals surface area (Å²) in [7, 11) is 0. The van der Waals surface area contributed by atoms with Gasteiger partial charge in [-0.25, -0.2) is 0 Å². The van der Waals surface area contributed by atoms with Crippen molar-refractivity contribution >= 4 is 5.78 Å². The van der Waals surface area contributed by atoms with E-state index in [2.05, 4.69) is 16.3 Å². The standard InChI is InChI=1S/C14H14N2O/c17-14(13-8-15-16-9-13)12-6-5-10-3-1-2-4-11(10)7-12/h5-9H,1-4H2,(H,15,16). The van der Waals surface area contributed by atoms with E-state index in [0.29, 0.717) is 5.56 Å². The van der Waals surface area contributed by atoms with Gasteiger partial charge in [-0.1, -0.05) is 12.1 Å². The van der Waals surface area contributed by atoms with Crippen molar-refractivity contribution in [1.29, 1.82) is 0 Å². The lowest BCUT2D eigenvalue weighted by Gasteiger charge is -2.16. The van der Waals surface area contributed by atoms with Crippen LogP contribution < -0.4 is 0 Å². The van der Waals surface area contributed by atoms with Crippen molar-refractivity contribution in [2.24, 2.45) is 0 Å². The predicted octanol–water partition coefficient (Wildman–Crippen LogP) is 2.52. The lowest BCUT2D eigenvalue weighted by atomic mass is 9.89. The number of hydrogen-bond donors (Lipinski definition) is 1. The minimum atomic E-state index is 0.0483. The zero-order valence-electron chi connectivity index (χ0n) is 9.57. The molecular formula is C14H14N2O. The van der Waals surface area contributed by atoms with E-state index in [1.807, 2.05) is 12.1 Å². The second-order valence-corrected chi connectivity index (χ2v) is 4.51. The molecular weight excluding hydrogens is 212 g/mol. The maximum Gasteiger partial charge on any atom is 0.196 e. The Balaban J connectivity index is 1.96. The van der Waals surface area contributed by atoms with Gasteiger partial charge in [0.1, 0.15) is 0 Å². The first kappa shape index (κ1) is 10.3. The number of H-pyrrole nitrogens is 1. The van der Waals surface area contributed by atoms with Crippen LogP contribution in [-0.2, 0) is 12.8 Å². The summed E-state index contributed by atoms with van der Waals surface area (Å²) in [5, 5.41) is 6.48. The van der Waals surface area contributed by atoms with Crippen LogP contribution in [0.1, 0.15) is 39.9 Å². The number of ketones is 1. The molecule has 1 aromatic carbocycles. The van der Waals surface area contributed by atoms with Gasteiger partial charge in [-0.2, -0.15) is 5.10 Å². The van der Waals surface area contributed by atoms with Gasteiger partial charge in [-0.15, -0.1) is 0 Å².